The van der Waals surface area contributed by atoms with Crippen LogP contribution in [0.1, 0.15) is 56.2 Å². The summed E-state index contributed by atoms with van der Waals surface area (Å²) in [5.74, 6) is 0.851. The number of ether oxygens (including phenoxy) is 2. The zero-order chi connectivity index (χ0) is 21.7. The van der Waals surface area contributed by atoms with E-state index in [1.165, 1.54) is 0 Å². The maximum atomic E-state index is 12.9. The number of hydrogen-bond donors (Lipinski definition) is 1. The molecule has 6 heteroatoms. The number of aliphatic hydroxyl groups is 1. The van der Waals surface area contributed by atoms with Gasteiger partial charge in [0.15, 0.2) is 0 Å². The van der Waals surface area contributed by atoms with E-state index in [1.807, 2.05) is 64.2 Å². The Bertz CT molecular complexity index is 845. The molecule has 1 N–H and O–H groups in total. The summed E-state index contributed by atoms with van der Waals surface area (Å²) in [6.07, 6.45) is 2.96. The number of benzene rings is 1. The molecule has 162 valence electrons. The first-order chi connectivity index (χ1) is 14.2. The number of hydrogen-bond acceptors (Lipinski definition) is 5. The molecular weight excluding hydrogens is 380 g/mol. The fourth-order valence-electron chi connectivity index (χ4n) is 3.66. The number of aliphatic hydroxyl groups excluding tert-OH is 1. The van der Waals surface area contributed by atoms with Crippen LogP contribution in [0.5, 0.6) is 0 Å². The number of nitrogens with zero attached hydrogens (tertiary/aromatic N) is 2. The third-order valence-electron chi connectivity index (χ3n) is 5.13. The lowest BCUT2D eigenvalue weighted by atomic mass is 9.90. The van der Waals surface area contributed by atoms with Gasteiger partial charge in [-0.1, -0.05) is 35.9 Å². The van der Waals surface area contributed by atoms with Gasteiger partial charge in [0, 0.05) is 12.8 Å². The zero-order valence-corrected chi connectivity index (χ0v) is 18.3. The molecule has 1 amide bonds. The predicted octanol–water partition coefficient (Wildman–Crippen LogP) is 4.59. The molecule has 0 aliphatic carbocycles. The maximum absolute atomic E-state index is 12.9. The first-order valence-electron chi connectivity index (χ1n) is 10.5. The standard InChI is InChI=1S/C24H32N2O4/c1-17-6-5-7-18(12-17)15-26(23(28)30-24(2,3)4)22-9-8-20(14-25-22)19-10-11-29-21(13-19)16-27/h5-9,12,14,19,21,27H,10-11,13,15-16H2,1-4H3/t19-,21+/m0/s1. The summed E-state index contributed by atoms with van der Waals surface area (Å²) in [6, 6.07) is 12.0. The van der Waals surface area contributed by atoms with Gasteiger partial charge in [0.05, 0.1) is 19.3 Å². The highest BCUT2D eigenvalue weighted by molar-refractivity contribution is 5.86. The van der Waals surface area contributed by atoms with Crippen LogP contribution >= 0.6 is 0 Å². The lowest BCUT2D eigenvalue weighted by Gasteiger charge is -2.29. The summed E-state index contributed by atoms with van der Waals surface area (Å²) in [4.78, 5) is 19.1. The molecule has 1 aromatic carbocycles. The van der Waals surface area contributed by atoms with E-state index in [2.05, 4.69) is 11.1 Å². The Labute approximate surface area is 178 Å². The molecule has 2 aromatic rings. The molecule has 0 unspecified atom stereocenters. The molecule has 2 atom stereocenters. The predicted molar refractivity (Wildman–Crippen MR) is 117 cm³/mol. The molecule has 1 aromatic heterocycles. The highest BCUT2D eigenvalue weighted by Crippen LogP contribution is 2.30. The van der Waals surface area contributed by atoms with Crippen molar-refractivity contribution in [1.82, 2.24) is 4.98 Å². The Morgan fingerprint density at radius 1 is 1.30 bits per heavy atom. The smallest absolute Gasteiger partial charge is 0.416 e. The first-order valence-corrected chi connectivity index (χ1v) is 10.5. The van der Waals surface area contributed by atoms with Crippen LogP contribution in [-0.4, -0.2) is 41.1 Å². The number of anilines is 1. The second-order valence-electron chi connectivity index (χ2n) is 8.90. The SMILES string of the molecule is Cc1cccc(CN(C(=O)OC(C)(C)C)c2ccc([C@H]3CCO[C@@H](CO)C3)cn2)c1. The van der Waals surface area contributed by atoms with Gasteiger partial charge >= 0.3 is 6.09 Å². The van der Waals surface area contributed by atoms with Gasteiger partial charge in [-0.25, -0.2) is 9.78 Å². The molecule has 0 spiro atoms. The number of rotatable bonds is 5. The van der Waals surface area contributed by atoms with E-state index < -0.39 is 11.7 Å². The van der Waals surface area contributed by atoms with Crippen LogP contribution in [0, 0.1) is 6.92 Å². The molecule has 1 aliphatic heterocycles. The van der Waals surface area contributed by atoms with Crippen molar-refractivity contribution in [2.75, 3.05) is 18.1 Å². The summed E-state index contributed by atoms with van der Waals surface area (Å²) >= 11 is 0. The van der Waals surface area contributed by atoms with Crippen LogP contribution in [-0.2, 0) is 16.0 Å². The van der Waals surface area contributed by atoms with Crippen molar-refractivity contribution in [2.45, 2.75) is 64.7 Å². The monoisotopic (exact) mass is 412 g/mol. The molecule has 6 nitrogen and oxygen atoms in total. The molecule has 2 heterocycles. The van der Waals surface area contributed by atoms with Crippen LogP contribution in [0.2, 0.25) is 0 Å². The number of aryl methyl sites for hydroxylation is 1. The van der Waals surface area contributed by atoms with E-state index in [0.717, 1.165) is 29.5 Å². The maximum Gasteiger partial charge on any atom is 0.416 e. The largest absolute Gasteiger partial charge is 0.443 e. The molecular formula is C24H32N2O4. The minimum atomic E-state index is -0.594. The molecule has 30 heavy (non-hydrogen) atoms. The third kappa shape index (κ3) is 6.03. The summed E-state index contributed by atoms with van der Waals surface area (Å²) in [5.41, 5.74) is 2.66. The lowest BCUT2D eigenvalue weighted by Crippen LogP contribution is -2.37. The Morgan fingerprint density at radius 3 is 2.73 bits per heavy atom. The first kappa shape index (κ1) is 22.2. The van der Waals surface area contributed by atoms with Crippen molar-refractivity contribution in [3.8, 4) is 0 Å². The quantitative estimate of drug-likeness (QED) is 0.778. The van der Waals surface area contributed by atoms with Crippen molar-refractivity contribution in [3.63, 3.8) is 0 Å². The molecule has 0 saturated carbocycles. The highest BCUT2D eigenvalue weighted by atomic mass is 16.6. The van der Waals surface area contributed by atoms with Gasteiger partial charge < -0.3 is 14.6 Å². The van der Waals surface area contributed by atoms with Gasteiger partial charge in [-0.15, -0.1) is 0 Å². The third-order valence-corrected chi connectivity index (χ3v) is 5.13. The fraction of sp³-hybridized carbons (Fsp3) is 0.500. The molecule has 1 aliphatic rings. The van der Waals surface area contributed by atoms with Crippen molar-refractivity contribution in [1.29, 1.82) is 0 Å². The molecule has 3 rings (SSSR count). The van der Waals surface area contributed by atoms with Crippen LogP contribution in [0.4, 0.5) is 10.6 Å². The minimum Gasteiger partial charge on any atom is -0.443 e. The average Bonchev–Trinajstić information content (AvgIpc) is 2.71. The van der Waals surface area contributed by atoms with Crippen molar-refractivity contribution in [3.05, 3.63) is 59.3 Å². The minimum absolute atomic E-state index is 0.0327. The Kier molecular flexibility index (Phi) is 7.10. The van der Waals surface area contributed by atoms with Crippen LogP contribution in [0.3, 0.4) is 0 Å². The van der Waals surface area contributed by atoms with Gasteiger partial charge in [0.1, 0.15) is 11.4 Å². The van der Waals surface area contributed by atoms with Gasteiger partial charge in [-0.2, -0.15) is 0 Å². The number of pyridine rings is 1. The van der Waals surface area contributed by atoms with E-state index in [9.17, 15) is 9.90 Å². The number of carbonyl (C=O) groups excluding carboxylic acids is 1. The number of amides is 1. The molecule has 1 fully saturated rings. The van der Waals surface area contributed by atoms with E-state index in [0.29, 0.717) is 24.9 Å². The van der Waals surface area contributed by atoms with Crippen LogP contribution in [0.25, 0.3) is 0 Å². The Balaban J connectivity index is 1.82. The summed E-state index contributed by atoms with van der Waals surface area (Å²) in [5, 5.41) is 9.39. The van der Waals surface area contributed by atoms with E-state index in [4.69, 9.17) is 9.47 Å². The lowest BCUT2D eigenvalue weighted by molar-refractivity contribution is -0.0250. The summed E-state index contributed by atoms with van der Waals surface area (Å²) in [7, 11) is 0. The topological polar surface area (TPSA) is 71.9 Å². The highest BCUT2D eigenvalue weighted by Gasteiger charge is 2.26. The van der Waals surface area contributed by atoms with E-state index in [-0.39, 0.29) is 12.7 Å². The Morgan fingerprint density at radius 2 is 2.10 bits per heavy atom. The van der Waals surface area contributed by atoms with Gasteiger partial charge in [0.2, 0.25) is 0 Å². The Hall–Kier alpha value is -2.44. The van der Waals surface area contributed by atoms with E-state index >= 15 is 0 Å². The van der Waals surface area contributed by atoms with Gasteiger partial charge in [-0.05, 0) is 63.6 Å². The van der Waals surface area contributed by atoms with Crippen molar-refractivity contribution < 1.29 is 19.4 Å². The summed E-state index contributed by atoms with van der Waals surface area (Å²) in [6.45, 7) is 8.65. The molecule has 1 saturated heterocycles. The van der Waals surface area contributed by atoms with Crippen LogP contribution < -0.4 is 4.90 Å². The normalized spacial score (nSPS) is 19.4. The fourth-order valence-corrected chi connectivity index (χ4v) is 3.66. The van der Waals surface area contributed by atoms with E-state index in [1.54, 1.807) is 4.90 Å². The summed E-state index contributed by atoms with van der Waals surface area (Å²) < 4.78 is 11.2. The average molecular weight is 413 g/mol. The van der Waals surface area contributed by atoms with Gasteiger partial charge in [-0.3, -0.25) is 4.90 Å². The zero-order valence-electron chi connectivity index (χ0n) is 18.3. The number of aromatic nitrogens is 1. The van der Waals surface area contributed by atoms with Gasteiger partial charge in [0.25, 0.3) is 0 Å². The molecule has 0 radical (unpaired) electrons. The van der Waals surface area contributed by atoms with Crippen LogP contribution in [0.15, 0.2) is 42.6 Å². The number of carbonyl (C=O) groups is 1. The van der Waals surface area contributed by atoms with Crippen molar-refractivity contribution >= 4 is 11.9 Å². The molecule has 0 bridgehead atoms. The second kappa shape index (κ2) is 9.58. The second-order valence-corrected chi connectivity index (χ2v) is 8.90. The van der Waals surface area contributed by atoms with Crippen molar-refractivity contribution in [2.24, 2.45) is 0 Å².